The second-order valence-corrected chi connectivity index (χ2v) is 7.44. The topological polar surface area (TPSA) is 73.9 Å². The third-order valence-electron chi connectivity index (χ3n) is 5.08. The molecule has 4 rings (SSSR count). The Morgan fingerprint density at radius 2 is 1.92 bits per heavy atom. The minimum Gasteiger partial charge on any atom is -0.497 e. The van der Waals surface area contributed by atoms with Gasteiger partial charge in [0.25, 0.3) is 0 Å². The number of rotatable bonds is 3. The molecular formula is C20H22N4OS. The maximum Gasteiger partial charge on any atom is 0.191 e. The van der Waals surface area contributed by atoms with Crippen LogP contribution in [0.4, 0.5) is 5.82 Å². The van der Waals surface area contributed by atoms with Crippen LogP contribution in [0.25, 0.3) is 22.2 Å². The molecule has 134 valence electrons. The first-order chi connectivity index (χ1) is 12.6. The van der Waals surface area contributed by atoms with E-state index in [1.807, 2.05) is 18.4 Å². The van der Waals surface area contributed by atoms with Crippen molar-refractivity contribution in [3.05, 3.63) is 35.5 Å². The van der Waals surface area contributed by atoms with Gasteiger partial charge in [0.15, 0.2) is 10.8 Å². The standard InChI is InChI=1S/C20H22N4OS/c1-11-5-4-6-14-15(12-7-9-13(25-2)10-8-12)16-18(21)23-20(26-3)24-19(16)22-17(11)14/h7-11H,4-6H2,1-3H3,(H2,21,22,23,24). The Bertz CT molecular complexity index is 972. The van der Waals surface area contributed by atoms with Crippen LogP contribution in [-0.2, 0) is 6.42 Å². The molecule has 1 aromatic carbocycles. The minimum absolute atomic E-state index is 0.425. The van der Waals surface area contributed by atoms with E-state index in [1.54, 1.807) is 7.11 Å². The Hall–Kier alpha value is -2.34. The van der Waals surface area contributed by atoms with Crippen LogP contribution in [0.1, 0.15) is 36.9 Å². The quantitative estimate of drug-likeness (QED) is 0.545. The highest BCUT2D eigenvalue weighted by Gasteiger charge is 2.26. The van der Waals surface area contributed by atoms with Crippen molar-refractivity contribution in [2.45, 2.75) is 37.3 Å². The zero-order valence-electron chi connectivity index (χ0n) is 15.2. The van der Waals surface area contributed by atoms with Crippen LogP contribution in [0.15, 0.2) is 29.4 Å². The number of anilines is 1. The van der Waals surface area contributed by atoms with Crippen molar-refractivity contribution in [1.29, 1.82) is 0 Å². The number of nitrogens with zero attached hydrogens (tertiary/aromatic N) is 3. The number of ether oxygens (including phenoxy) is 1. The molecule has 3 aromatic rings. The molecule has 6 heteroatoms. The molecule has 2 N–H and O–H groups in total. The summed E-state index contributed by atoms with van der Waals surface area (Å²) in [5.74, 6) is 1.76. The third kappa shape index (κ3) is 2.78. The number of hydrogen-bond donors (Lipinski definition) is 1. The minimum atomic E-state index is 0.425. The lowest BCUT2D eigenvalue weighted by Crippen LogP contribution is -2.13. The number of fused-ring (bicyclic) bond motifs is 2. The van der Waals surface area contributed by atoms with E-state index in [4.69, 9.17) is 15.5 Å². The highest BCUT2D eigenvalue weighted by atomic mass is 32.2. The van der Waals surface area contributed by atoms with Gasteiger partial charge in [0.1, 0.15) is 11.6 Å². The van der Waals surface area contributed by atoms with E-state index in [0.29, 0.717) is 22.5 Å². The number of methoxy groups -OCH3 is 1. The summed E-state index contributed by atoms with van der Waals surface area (Å²) in [5, 5.41) is 1.52. The summed E-state index contributed by atoms with van der Waals surface area (Å²) in [6, 6.07) is 8.12. The average Bonchev–Trinajstić information content (AvgIpc) is 2.67. The third-order valence-corrected chi connectivity index (χ3v) is 5.62. The first kappa shape index (κ1) is 17.1. The molecule has 0 saturated carbocycles. The van der Waals surface area contributed by atoms with Crippen molar-refractivity contribution in [3.8, 4) is 16.9 Å². The molecule has 0 bridgehead atoms. The maximum atomic E-state index is 6.37. The molecule has 0 amide bonds. The summed E-state index contributed by atoms with van der Waals surface area (Å²) in [6.45, 7) is 2.24. The lowest BCUT2D eigenvalue weighted by Gasteiger charge is -2.25. The normalized spacial score (nSPS) is 16.5. The highest BCUT2D eigenvalue weighted by molar-refractivity contribution is 7.98. The first-order valence-electron chi connectivity index (χ1n) is 8.80. The zero-order valence-corrected chi connectivity index (χ0v) is 16.1. The summed E-state index contributed by atoms with van der Waals surface area (Å²) in [7, 11) is 1.68. The van der Waals surface area contributed by atoms with E-state index in [2.05, 4.69) is 29.0 Å². The molecule has 0 aliphatic heterocycles. The maximum absolute atomic E-state index is 6.37. The Morgan fingerprint density at radius 3 is 2.62 bits per heavy atom. The van der Waals surface area contributed by atoms with Gasteiger partial charge in [-0.05, 0) is 54.7 Å². The predicted molar refractivity (Wildman–Crippen MR) is 107 cm³/mol. The SMILES string of the molecule is COc1ccc(-c2c3c(nc4nc(SC)nc(N)c24)C(C)CCC3)cc1. The number of thioether (sulfide) groups is 1. The first-order valence-corrected chi connectivity index (χ1v) is 10.0. The summed E-state index contributed by atoms with van der Waals surface area (Å²) >= 11 is 1.48. The van der Waals surface area contributed by atoms with Crippen LogP contribution in [0, 0.1) is 0 Å². The summed E-state index contributed by atoms with van der Waals surface area (Å²) in [6.07, 6.45) is 5.28. The van der Waals surface area contributed by atoms with Crippen molar-refractivity contribution in [2.75, 3.05) is 19.1 Å². The van der Waals surface area contributed by atoms with Crippen molar-refractivity contribution < 1.29 is 4.74 Å². The Labute approximate surface area is 157 Å². The molecule has 2 aromatic heterocycles. The Morgan fingerprint density at radius 1 is 1.15 bits per heavy atom. The second-order valence-electron chi connectivity index (χ2n) is 6.67. The van der Waals surface area contributed by atoms with Crippen molar-refractivity contribution >= 4 is 28.6 Å². The number of nitrogen functional groups attached to an aromatic ring is 1. The van der Waals surface area contributed by atoms with E-state index < -0.39 is 0 Å². The van der Waals surface area contributed by atoms with Crippen LogP contribution >= 0.6 is 11.8 Å². The highest BCUT2D eigenvalue weighted by Crippen LogP contribution is 2.41. The van der Waals surface area contributed by atoms with E-state index >= 15 is 0 Å². The van der Waals surface area contributed by atoms with Gasteiger partial charge in [-0.1, -0.05) is 30.8 Å². The molecule has 0 saturated heterocycles. The molecule has 2 heterocycles. The van der Waals surface area contributed by atoms with Crippen LogP contribution in [-0.4, -0.2) is 28.3 Å². The molecule has 0 spiro atoms. The lowest BCUT2D eigenvalue weighted by atomic mass is 9.82. The number of pyridine rings is 1. The van der Waals surface area contributed by atoms with Crippen LogP contribution in [0.2, 0.25) is 0 Å². The molecule has 26 heavy (non-hydrogen) atoms. The Kier molecular flexibility index (Phi) is 4.44. The number of hydrogen-bond acceptors (Lipinski definition) is 6. The largest absolute Gasteiger partial charge is 0.497 e. The molecule has 0 fully saturated rings. The van der Waals surface area contributed by atoms with E-state index in [9.17, 15) is 0 Å². The molecule has 1 unspecified atom stereocenters. The van der Waals surface area contributed by atoms with Gasteiger partial charge in [-0.15, -0.1) is 0 Å². The molecule has 1 aliphatic rings. The Balaban J connectivity index is 2.07. The van der Waals surface area contributed by atoms with Crippen LogP contribution in [0.5, 0.6) is 5.75 Å². The van der Waals surface area contributed by atoms with Gasteiger partial charge in [0.05, 0.1) is 12.5 Å². The molecule has 1 atom stereocenters. The monoisotopic (exact) mass is 366 g/mol. The number of aromatic nitrogens is 3. The van der Waals surface area contributed by atoms with Crippen molar-refractivity contribution in [2.24, 2.45) is 0 Å². The lowest BCUT2D eigenvalue weighted by molar-refractivity contribution is 0.415. The smallest absolute Gasteiger partial charge is 0.191 e. The van der Waals surface area contributed by atoms with Crippen molar-refractivity contribution in [3.63, 3.8) is 0 Å². The van der Waals surface area contributed by atoms with Gasteiger partial charge in [0.2, 0.25) is 0 Å². The molecule has 0 radical (unpaired) electrons. The summed E-state index contributed by atoms with van der Waals surface area (Å²) in [4.78, 5) is 14.0. The van der Waals surface area contributed by atoms with Gasteiger partial charge < -0.3 is 10.5 Å². The predicted octanol–water partition coefficient (Wildman–Crippen LogP) is 4.44. The van der Waals surface area contributed by atoms with E-state index in [0.717, 1.165) is 47.2 Å². The molecule has 5 nitrogen and oxygen atoms in total. The van der Waals surface area contributed by atoms with Crippen LogP contribution in [0.3, 0.4) is 0 Å². The number of benzene rings is 1. The van der Waals surface area contributed by atoms with Crippen molar-refractivity contribution in [1.82, 2.24) is 15.0 Å². The fourth-order valence-electron chi connectivity index (χ4n) is 3.78. The second kappa shape index (κ2) is 6.76. The van der Waals surface area contributed by atoms with Gasteiger partial charge >= 0.3 is 0 Å². The fraction of sp³-hybridized carbons (Fsp3) is 0.350. The summed E-state index contributed by atoms with van der Waals surface area (Å²) in [5.41, 5.74) is 11.7. The zero-order chi connectivity index (χ0) is 18.3. The van der Waals surface area contributed by atoms with Gasteiger partial charge in [-0.3, -0.25) is 0 Å². The van der Waals surface area contributed by atoms with Gasteiger partial charge in [0, 0.05) is 11.3 Å². The van der Waals surface area contributed by atoms with Gasteiger partial charge in [-0.2, -0.15) is 0 Å². The average molecular weight is 366 g/mol. The fourth-order valence-corrected chi connectivity index (χ4v) is 4.14. The van der Waals surface area contributed by atoms with Gasteiger partial charge in [-0.25, -0.2) is 15.0 Å². The molecular weight excluding hydrogens is 344 g/mol. The number of nitrogens with two attached hydrogens (primary N) is 1. The van der Waals surface area contributed by atoms with E-state index in [1.165, 1.54) is 17.3 Å². The van der Waals surface area contributed by atoms with Crippen LogP contribution < -0.4 is 10.5 Å². The summed E-state index contributed by atoms with van der Waals surface area (Å²) < 4.78 is 5.31. The molecule has 1 aliphatic carbocycles. The van der Waals surface area contributed by atoms with E-state index in [-0.39, 0.29) is 0 Å².